The Hall–Kier alpha value is -2.18. The van der Waals surface area contributed by atoms with Gasteiger partial charge in [0.25, 0.3) is 0 Å². The molecule has 130 valence electrons. The number of carbonyl (C=O) groups excluding carboxylic acids is 1. The molecule has 0 bridgehead atoms. The molecule has 0 unspecified atom stereocenters. The van der Waals surface area contributed by atoms with Crippen molar-refractivity contribution in [2.75, 3.05) is 6.54 Å². The molecule has 3 heterocycles. The highest BCUT2D eigenvalue weighted by atomic mass is 16.5. The lowest BCUT2D eigenvalue weighted by atomic mass is 10.0. The van der Waals surface area contributed by atoms with E-state index < -0.39 is 0 Å². The van der Waals surface area contributed by atoms with Gasteiger partial charge in [0.05, 0.1) is 5.69 Å². The van der Waals surface area contributed by atoms with Crippen molar-refractivity contribution in [2.45, 2.75) is 65.5 Å². The summed E-state index contributed by atoms with van der Waals surface area (Å²) in [6.07, 6.45) is 4.73. The lowest BCUT2D eigenvalue weighted by Gasteiger charge is -2.33. The summed E-state index contributed by atoms with van der Waals surface area (Å²) in [5.74, 6) is 1.35. The van der Waals surface area contributed by atoms with Crippen LogP contribution in [0.4, 0.5) is 0 Å². The van der Waals surface area contributed by atoms with Crippen LogP contribution in [-0.4, -0.2) is 37.3 Å². The lowest BCUT2D eigenvalue weighted by Crippen LogP contribution is -2.40. The largest absolute Gasteiger partial charge is 0.337 e. The van der Waals surface area contributed by atoms with E-state index in [1.807, 2.05) is 24.8 Å². The third-order valence-electron chi connectivity index (χ3n) is 4.45. The second-order valence-electron chi connectivity index (χ2n) is 6.48. The summed E-state index contributed by atoms with van der Waals surface area (Å²) in [6.45, 7) is 6.97. The average Bonchev–Trinajstić information content (AvgIpc) is 3.14. The smallest absolute Gasteiger partial charge is 0.249 e. The quantitative estimate of drug-likeness (QED) is 0.841. The molecule has 1 aliphatic rings. The van der Waals surface area contributed by atoms with Crippen molar-refractivity contribution in [3.8, 4) is 0 Å². The van der Waals surface area contributed by atoms with E-state index in [4.69, 9.17) is 4.52 Å². The first-order chi connectivity index (χ1) is 11.6. The van der Waals surface area contributed by atoms with E-state index in [2.05, 4.69) is 22.2 Å². The molecular weight excluding hydrogens is 306 g/mol. The molecule has 1 saturated heterocycles. The molecule has 7 nitrogen and oxygen atoms in total. The Morgan fingerprint density at radius 3 is 2.92 bits per heavy atom. The number of likely N-dealkylation sites (tertiary alicyclic amines) is 1. The lowest BCUT2D eigenvalue weighted by molar-refractivity contribution is -0.136. The Labute approximate surface area is 142 Å². The zero-order valence-electron chi connectivity index (χ0n) is 14.7. The molecule has 0 aromatic carbocycles. The summed E-state index contributed by atoms with van der Waals surface area (Å²) >= 11 is 0. The average molecular weight is 331 g/mol. The van der Waals surface area contributed by atoms with Gasteiger partial charge in [-0.2, -0.15) is 10.1 Å². The molecule has 2 aromatic rings. The van der Waals surface area contributed by atoms with Gasteiger partial charge in [-0.15, -0.1) is 0 Å². The van der Waals surface area contributed by atoms with E-state index in [9.17, 15) is 4.79 Å². The molecule has 7 heteroatoms. The van der Waals surface area contributed by atoms with Crippen LogP contribution in [0.15, 0.2) is 10.6 Å². The van der Waals surface area contributed by atoms with Crippen LogP contribution in [0, 0.1) is 13.8 Å². The molecule has 3 rings (SSSR count). The summed E-state index contributed by atoms with van der Waals surface area (Å²) in [5, 5.41) is 8.42. The maximum Gasteiger partial charge on any atom is 0.249 e. The van der Waals surface area contributed by atoms with Gasteiger partial charge in [-0.25, -0.2) is 0 Å². The van der Waals surface area contributed by atoms with Crippen LogP contribution in [0.2, 0.25) is 0 Å². The van der Waals surface area contributed by atoms with Crippen molar-refractivity contribution in [3.05, 3.63) is 29.2 Å². The highest BCUT2D eigenvalue weighted by Crippen LogP contribution is 2.30. The molecule has 1 fully saturated rings. The standard InChI is InChI=1S/C17H25N5O2/c1-4-7-15-18-17(24-20-15)14-8-5-6-9-21(14)16(23)11-22-13(3)10-12(2)19-22/h10,14H,4-9,11H2,1-3H3/t14-/m1/s1. The van der Waals surface area contributed by atoms with Crippen LogP contribution in [0.3, 0.4) is 0 Å². The molecule has 1 amide bonds. The molecule has 2 aromatic heterocycles. The SMILES string of the molecule is CCCc1noc([C@H]2CCCCN2C(=O)Cn2nc(C)cc2C)n1. The minimum Gasteiger partial charge on any atom is -0.337 e. The summed E-state index contributed by atoms with van der Waals surface area (Å²) in [6, 6.07) is 1.87. The van der Waals surface area contributed by atoms with E-state index in [1.165, 1.54) is 0 Å². The number of hydrogen-bond donors (Lipinski definition) is 0. The van der Waals surface area contributed by atoms with E-state index in [1.54, 1.807) is 4.68 Å². The fourth-order valence-electron chi connectivity index (χ4n) is 3.27. The number of piperidine rings is 1. The zero-order chi connectivity index (χ0) is 17.1. The molecule has 0 spiro atoms. The van der Waals surface area contributed by atoms with Crippen molar-refractivity contribution in [3.63, 3.8) is 0 Å². The first-order valence-corrected chi connectivity index (χ1v) is 8.71. The number of rotatable bonds is 5. The van der Waals surface area contributed by atoms with Gasteiger partial charge < -0.3 is 9.42 Å². The Bertz CT molecular complexity index is 706. The van der Waals surface area contributed by atoms with Gasteiger partial charge in [-0.3, -0.25) is 9.48 Å². The fourth-order valence-corrected chi connectivity index (χ4v) is 3.27. The summed E-state index contributed by atoms with van der Waals surface area (Å²) in [5.41, 5.74) is 1.93. The molecule has 24 heavy (non-hydrogen) atoms. The van der Waals surface area contributed by atoms with Crippen LogP contribution in [0.25, 0.3) is 0 Å². The Balaban J connectivity index is 1.75. The van der Waals surface area contributed by atoms with Crippen LogP contribution in [0.1, 0.15) is 61.8 Å². The number of aryl methyl sites for hydroxylation is 3. The minimum atomic E-state index is -0.110. The van der Waals surface area contributed by atoms with Crippen molar-refractivity contribution >= 4 is 5.91 Å². The van der Waals surface area contributed by atoms with E-state index in [0.717, 1.165) is 55.9 Å². The second kappa shape index (κ2) is 7.15. The number of aromatic nitrogens is 4. The van der Waals surface area contributed by atoms with Gasteiger partial charge in [-0.05, 0) is 45.6 Å². The van der Waals surface area contributed by atoms with Gasteiger partial charge in [0.15, 0.2) is 5.82 Å². The molecule has 1 atom stereocenters. The van der Waals surface area contributed by atoms with Gasteiger partial charge >= 0.3 is 0 Å². The van der Waals surface area contributed by atoms with Crippen molar-refractivity contribution in [1.82, 2.24) is 24.8 Å². The first kappa shape index (κ1) is 16.7. The van der Waals surface area contributed by atoms with Gasteiger partial charge in [0.2, 0.25) is 11.8 Å². The first-order valence-electron chi connectivity index (χ1n) is 8.71. The topological polar surface area (TPSA) is 77.0 Å². The number of nitrogens with zero attached hydrogens (tertiary/aromatic N) is 5. The summed E-state index contributed by atoms with van der Waals surface area (Å²) in [4.78, 5) is 19.2. The molecule has 0 radical (unpaired) electrons. The Morgan fingerprint density at radius 2 is 2.21 bits per heavy atom. The molecule has 1 aliphatic heterocycles. The summed E-state index contributed by atoms with van der Waals surface area (Å²) in [7, 11) is 0. The normalized spacial score (nSPS) is 18.1. The van der Waals surface area contributed by atoms with E-state index in [0.29, 0.717) is 5.89 Å². The zero-order valence-corrected chi connectivity index (χ0v) is 14.7. The van der Waals surface area contributed by atoms with Crippen LogP contribution < -0.4 is 0 Å². The van der Waals surface area contributed by atoms with E-state index in [-0.39, 0.29) is 18.5 Å². The third kappa shape index (κ3) is 3.49. The van der Waals surface area contributed by atoms with Gasteiger partial charge in [0, 0.05) is 18.7 Å². The fraction of sp³-hybridized carbons (Fsp3) is 0.647. The Kier molecular flexibility index (Phi) is 4.97. The highest BCUT2D eigenvalue weighted by molar-refractivity contribution is 5.76. The van der Waals surface area contributed by atoms with Crippen molar-refractivity contribution in [1.29, 1.82) is 0 Å². The third-order valence-corrected chi connectivity index (χ3v) is 4.45. The van der Waals surface area contributed by atoms with Gasteiger partial charge in [-0.1, -0.05) is 12.1 Å². The second-order valence-corrected chi connectivity index (χ2v) is 6.48. The Morgan fingerprint density at radius 1 is 1.38 bits per heavy atom. The van der Waals surface area contributed by atoms with E-state index >= 15 is 0 Å². The predicted molar refractivity (Wildman–Crippen MR) is 88.3 cm³/mol. The molecule has 0 saturated carbocycles. The molecule has 0 N–H and O–H groups in total. The maximum absolute atomic E-state index is 12.8. The van der Waals surface area contributed by atoms with Crippen molar-refractivity contribution in [2.24, 2.45) is 0 Å². The van der Waals surface area contributed by atoms with Crippen molar-refractivity contribution < 1.29 is 9.32 Å². The highest BCUT2D eigenvalue weighted by Gasteiger charge is 2.32. The van der Waals surface area contributed by atoms with Crippen LogP contribution in [-0.2, 0) is 17.8 Å². The maximum atomic E-state index is 12.8. The summed E-state index contributed by atoms with van der Waals surface area (Å²) < 4.78 is 7.20. The minimum absolute atomic E-state index is 0.0566. The van der Waals surface area contributed by atoms with Crippen LogP contribution in [0.5, 0.6) is 0 Å². The number of hydrogen-bond acceptors (Lipinski definition) is 5. The number of carbonyl (C=O) groups is 1. The molecule has 0 aliphatic carbocycles. The van der Waals surface area contributed by atoms with Crippen LogP contribution >= 0.6 is 0 Å². The predicted octanol–water partition coefficient (Wildman–Crippen LogP) is 2.59. The monoisotopic (exact) mass is 331 g/mol. The number of amides is 1. The molecular formula is C17H25N5O2. The van der Waals surface area contributed by atoms with Gasteiger partial charge in [0.1, 0.15) is 12.6 Å².